The number of carbonyl (C=O) groups is 2. The lowest BCUT2D eigenvalue weighted by Gasteiger charge is -2.02. The minimum absolute atomic E-state index is 0.0514. The molecule has 0 saturated heterocycles. The van der Waals surface area contributed by atoms with Gasteiger partial charge in [-0.25, -0.2) is 0 Å². The van der Waals surface area contributed by atoms with Crippen molar-refractivity contribution >= 4 is 18.0 Å². The van der Waals surface area contributed by atoms with E-state index in [0.717, 1.165) is 6.21 Å². The van der Waals surface area contributed by atoms with Crippen molar-refractivity contribution < 1.29 is 14.3 Å². The molecule has 68 valence electrons. The van der Waals surface area contributed by atoms with Gasteiger partial charge >= 0.3 is 5.97 Å². The van der Waals surface area contributed by atoms with Gasteiger partial charge in [-0.2, -0.15) is 0 Å². The average Bonchev–Trinajstić information content (AvgIpc) is 2.00. The van der Waals surface area contributed by atoms with Gasteiger partial charge in [0.25, 0.3) is 0 Å². The molecule has 0 rings (SSSR count). The summed E-state index contributed by atoms with van der Waals surface area (Å²) >= 11 is 0. The molecule has 0 bridgehead atoms. The lowest BCUT2D eigenvalue weighted by molar-refractivity contribution is -0.145. The van der Waals surface area contributed by atoms with Crippen molar-refractivity contribution in [3.63, 3.8) is 0 Å². The van der Waals surface area contributed by atoms with Crippen LogP contribution in [0.4, 0.5) is 0 Å². The summed E-state index contributed by atoms with van der Waals surface area (Å²) in [6.45, 7) is 3.41. The van der Waals surface area contributed by atoms with Crippen molar-refractivity contribution in [2.75, 3.05) is 6.61 Å². The third-order valence-corrected chi connectivity index (χ3v) is 1.29. The number of hydrogen-bond donors (Lipinski definition) is 1. The van der Waals surface area contributed by atoms with Crippen molar-refractivity contribution in [1.29, 1.82) is 5.41 Å². The average molecular weight is 171 g/mol. The molecule has 1 N–H and O–H groups in total. The first-order valence-electron chi connectivity index (χ1n) is 3.75. The zero-order chi connectivity index (χ0) is 9.56. The Morgan fingerprint density at radius 2 is 2.08 bits per heavy atom. The minimum Gasteiger partial charge on any atom is -0.460 e. The second-order valence-electron chi connectivity index (χ2n) is 2.68. The number of carbonyl (C=O) groups excluding carboxylic acids is 2. The standard InChI is InChI=1S/C8H13NO3/c1-6(2)7(10)5-8(11)12-4-3-9/h3,6,9H,4-5H2,1-2H3. The summed E-state index contributed by atoms with van der Waals surface area (Å²) in [7, 11) is 0. The van der Waals surface area contributed by atoms with E-state index in [9.17, 15) is 9.59 Å². The Hall–Kier alpha value is -1.19. The largest absolute Gasteiger partial charge is 0.460 e. The Kier molecular flexibility index (Phi) is 4.92. The van der Waals surface area contributed by atoms with Crippen LogP contribution >= 0.6 is 0 Å². The van der Waals surface area contributed by atoms with Crippen molar-refractivity contribution in [2.24, 2.45) is 5.92 Å². The Balaban J connectivity index is 3.69. The molecule has 0 atom stereocenters. The summed E-state index contributed by atoms with van der Waals surface area (Å²) in [6, 6.07) is 0. The van der Waals surface area contributed by atoms with Gasteiger partial charge in [-0.15, -0.1) is 0 Å². The topological polar surface area (TPSA) is 67.2 Å². The maximum atomic E-state index is 11.0. The monoisotopic (exact) mass is 171 g/mol. The van der Waals surface area contributed by atoms with Crippen molar-refractivity contribution in [3.05, 3.63) is 0 Å². The van der Waals surface area contributed by atoms with Crippen LogP contribution in [0.15, 0.2) is 0 Å². The van der Waals surface area contributed by atoms with E-state index >= 15 is 0 Å². The van der Waals surface area contributed by atoms with Gasteiger partial charge in [-0.1, -0.05) is 13.8 Å². The van der Waals surface area contributed by atoms with Crippen LogP contribution in [0.3, 0.4) is 0 Å². The fourth-order valence-electron chi connectivity index (χ4n) is 0.532. The lowest BCUT2D eigenvalue weighted by Crippen LogP contribution is -2.16. The first-order valence-corrected chi connectivity index (χ1v) is 3.75. The predicted molar refractivity (Wildman–Crippen MR) is 44.2 cm³/mol. The molecule has 0 radical (unpaired) electrons. The van der Waals surface area contributed by atoms with Gasteiger partial charge in [0.1, 0.15) is 18.8 Å². The summed E-state index contributed by atoms with van der Waals surface area (Å²) in [4.78, 5) is 21.7. The van der Waals surface area contributed by atoms with Gasteiger partial charge in [0.2, 0.25) is 0 Å². The molecule has 0 unspecified atom stereocenters. The molecule has 0 heterocycles. The molecule has 0 aromatic heterocycles. The number of Topliss-reactive ketones (excluding diaryl/α,β-unsaturated/α-hetero) is 1. The van der Waals surface area contributed by atoms with E-state index in [1.165, 1.54) is 0 Å². The molecule has 0 aliphatic carbocycles. The quantitative estimate of drug-likeness (QED) is 0.378. The number of rotatable bonds is 5. The van der Waals surface area contributed by atoms with Crippen LogP contribution in [0.5, 0.6) is 0 Å². The maximum absolute atomic E-state index is 11.0. The first-order chi connectivity index (χ1) is 5.57. The van der Waals surface area contributed by atoms with Crippen molar-refractivity contribution in [1.82, 2.24) is 0 Å². The van der Waals surface area contributed by atoms with E-state index in [0.29, 0.717) is 0 Å². The van der Waals surface area contributed by atoms with E-state index < -0.39 is 5.97 Å². The highest BCUT2D eigenvalue weighted by molar-refractivity contribution is 5.96. The molecule has 0 spiro atoms. The zero-order valence-corrected chi connectivity index (χ0v) is 7.29. The first kappa shape index (κ1) is 10.8. The van der Waals surface area contributed by atoms with Gasteiger partial charge in [0.15, 0.2) is 0 Å². The van der Waals surface area contributed by atoms with Gasteiger partial charge in [-0.05, 0) is 0 Å². The van der Waals surface area contributed by atoms with Crippen LogP contribution in [-0.2, 0) is 14.3 Å². The highest BCUT2D eigenvalue weighted by atomic mass is 16.5. The molecule has 0 fully saturated rings. The van der Waals surface area contributed by atoms with Crippen LogP contribution in [0, 0.1) is 11.3 Å². The number of hydrogen-bond acceptors (Lipinski definition) is 4. The molecule has 0 saturated carbocycles. The molecule has 0 aromatic rings. The van der Waals surface area contributed by atoms with E-state index in [1.807, 2.05) is 0 Å². The molecule has 0 aromatic carbocycles. The van der Waals surface area contributed by atoms with Crippen LogP contribution in [0.1, 0.15) is 20.3 Å². The molecular weight excluding hydrogens is 158 g/mol. The van der Waals surface area contributed by atoms with Crippen molar-refractivity contribution in [3.8, 4) is 0 Å². The molecule has 0 aliphatic heterocycles. The minimum atomic E-state index is -0.558. The third-order valence-electron chi connectivity index (χ3n) is 1.29. The number of esters is 1. The van der Waals surface area contributed by atoms with E-state index in [4.69, 9.17) is 5.41 Å². The second kappa shape index (κ2) is 5.46. The Bertz CT molecular complexity index is 187. The SMILES string of the molecule is CC(C)C(=O)CC(=O)OCC=N. The Morgan fingerprint density at radius 3 is 2.50 bits per heavy atom. The molecule has 12 heavy (non-hydrogen) atoms. The van der Waals surface area contributed by atoms with Gasteiger partial charge in [0.05, 0.1) is 0 Å². The smallest absolute Gasteiger partial charge is 0.313 e. The predicted octanol–water partition coefficient (Wildman–Crippen LogP) is 0.794. The van der Waals surface area contributed by atoms with Crippen LogP contribution in [0.2, 0.25) is 0 Å². The third kappa shape index (κ3) is 4.60. The van der Waals surface area contributed by atoms with Gasteiger partial charge in [-0.3, -0.25) is 9.59 Å². The summed E-state index contributed by atoms with van der Waals surface area (Å²) < 4.78 is 4.51. The fraction of sp³-hybridized carbons (Fsp3) is 0.625. The second-order valence-corrected chi connectivity index (χ2v) is 2.68. The Labute approximate surface area is 71.4 Å². The highest BCUT2D eigenvalue weighted by Crippen LogP contribution is 1.99. The van der Waals surface area contributed by atoms with E-state index in [2.05, 4.69) is 4.74 Å². The highest BCUT2D eigenvalue weighted by Gasteiger charge is 2.13. The number of ketones is 1. The summed E-state index contributed by atoms with van der Waals surface area (Å²) in [5.74, 6) is -0.834. The van der Waals surface area contributed by atoms with Crippen LogP contribution in [0.25, 0.3) is 0 Å². The van der Waals surface area contributed by atoms with E-state index in [1.54, 1.807) is 13.8 Å². The van der Waals surface area contributed by atoms with Gasteiger partial charge < -0.3 is 10.1 Å². The number of nitrogens with one attached hydrogen (secondary N) is 1. The zero-order valence-electron chi connectivity index (χ0n) is 7.29. The van der Waals surface area contributed by atoms with Crippen LogP contribution in [-0.4, -0.2) is 24.6 Å². The normalized spacial score (nSPS) is 9.58. The summed E-state index contributed by atoms with van der Waals surface area (Å²) in [5, 5.41) is 6.58. The molecule has 4 heteroatoms. The molecular formula is C8H13NO3. The number of ether oxygens (including phenoxy) is 1. The van der Waals surface area contributed by atoms with Crippen LogP contribution < -0.4 is 0 Å². The molecule has 0 aliphatic rings. The lowest BCUT2D eigenvalue weighted by atomic mass is 10.1. The summed E-state index contributed by atoms with van der Waals surface area (Å²) in [6.07, 6.45) is 0.781. The molecule has 0 amide bonds. The Morgan fingerprint density at radius 1 is 1.50 bits per heavy atom. The van der Waals surface area contributed by atoms with Gasteiger partial charge in [0, 0.05) is 12.1 Å². The molecule has 4 nitrogen and oxygen atoms in total. The summed E-state index contributed by atoms with van der Waals surface area (Å²) in [5.41, 5.74) is 0. The fourth-order valence-corrected chi connectivity index (χ4v) is 0.532. The maximum Gasteiger partial charge on any atom is 0.313 e. The van der Waals surface area contributed by atoms with E-state index in [-0.39, 0.29) is 24.7 Å². The van der Waals surface area contributed by atoms with Crippen molar-refractivity contribution in [2.45, 2.75) is 20.3 Å².